The van der Waals surface area contributed by atoms with Crippen molar-refractivity contribution in [1.29, 1.82) is 0 Å². The van der Waals surface area contributed by atoms with Crippen LogP contribution in [0.1, 0.15) is 15.9 Å². The average Bonchev–Trinajstić information content (AvgIpc) is 2.46. The third-order valence-electron chi connectivity index (χ3n) is 2.59. The molecule has 0 heterocycles. The number of hydrogen-bond donors (Lipinski definition) is 1. The number of benzene rings is 2. The summed E-state index contributed by atoms with van der Waals surface area (Å²) in [5.74, 6) is -0.0305. The van der Waals surface area contributed by atoms with Crippen molar-refractivity contribution >= 4 is 25.3 Å². The molecular formula is C15H15NOSe. The fourth-order valence-electron chi connectivity index (χ4n) is 1.59. The molecule has 1 amide bonds. The zero-order valence-corrected chi connectivity index (χ0v) is 11.9. The molecule has 2 aromatic carbocycles. The first-order valence-electron chi connectivity index (χ1n) is 5.78. The Labute approximate surface area is 114 Å². The Balaban J connectivity index is 1.97. The van der Waals surface area contributed by atoms with Crippen molar-refractivity contribution in [2.75, 3.05) is 7.05 Å². The third kappa shape index (κ3) is 3.46. The van der Waals surface area contributed by atoms with Gasteiger partial charge in [0.2, 0.25) is 0 Å². The molecule has 18 heavy (non-hydrogen) atoms. The fourth-order valence-corrected chi connectivity index (χ4v) is 3.38. The van der Waals surface area contributed by atoms with E-state index in [0.29, 0.717) is 15.0 Å². The van der Waals surface area contributed by atoms with E-state index in [2.05, 4.69) is 29.6 Å². The summed E-state index contributed by atoms with van der Waals surface area (Å²) >= 11 is 0.419. The van der Waals surface area contributed by atoms with E-state index in [1.54, 1.807) is 7.05 Å². The van der Waals surface area contributed by atoms with Gasteiger partial charge in [-0.15, -0.1) is 0 Å². The first-order valence-corrected chi connectivity index (χ1v) is 7.85. The summed E-state index contributed by atoms with van der Waals surface area (Å²) in [6, 6.07) is 18.4. The van der Waals surface area contributed by atoms with Gasteiger partial charge in [-0.2, -0.15) is 0 Å². The standard InChI is InChI=1S/C15H15NOSe/c1-16-15(17)13-7-9-14(10-8-13)18-11-12-5-3-2-4-6-12/h2-10H,11H2,1H3,(H,16,17). The normalized spacial score (nSPS) is 10.1. The van der Waals surface area contributed by atoms with Gasteiger partial charge in [-0.1, -0.05) is 0 Å². The summed E-state index contributed by atoms with van der Waals surface area (Å²) in [5.41, 5.74) is 2.09. The van der Waals surface area contributed by atoms with Crippen molar-refractivity contribution in [1.82, 2.24) is 5.32 Å². The number of amides is 1. The van der Waals surface area contributed by atoms with Crippen LogP contribution in [0, 0.1) is 0 Å². The number of rotatable bonds is 4. The van der Waals surface area contributed by atoms with Gasteiger partial charge in [-0.25, -0.2) is 0 Å². The van der Waals surface area contributed by atoms with E-state index in [0.717, 1.165) is 10.9 Å². The van der Waals surface area contributed by atoms with Crippen LogP contribution in [0.25, 0.3) is 0 Å². The number of nitrogens with one attached hydrogen (secondary N) is 1. The van der Waals surface area contributed by atoms with E-state index in [-0.39, 0.29) is 5.91 Å². The molecule has 0 spiro atoms. The summed E-state index contributed by atoms with van der Waals surface area (Å²) < 4.78 is 1.32. The molecule has 0 aliphatic heterocycles. The van der Waals surface area contributed by atoms with Gasteiger partial charge in [0.15, 0.2) is 0 Å². The quantitative estimate of drug-likeness (QED) is 0.854. The van der Waals surface area contributed by atoms with Gasteiger partial charge in [0.05, 0.1) is 0 Å². The number of hydrogen-bond acceptors (Lipinski definition) is 1. The first kappa shape index (κ1) is 12.9. The van der Waals surface area contributed by atoms with Gasteiger partial charge in [0.25, 0.3) is 0 Å². The van der Waals surface area contributed by atoms with Crippen LogP contribution in [-0.4, -0.2) is 27.9 Å². The summed E-state index contributed by atoms with van der Waals surface area (Å²) in [6.07, 6.45) is 0. The second-order valence-corrected chi connectivity index (χ2v) is 6.08. The molecule has 0 fully saturated rings. The van der Waals surface area contributed by atoms with Gasteiger partial charge >= 0.3 is 114 Å². The van der Waals surface area contributed by atoms with Gasteiger partial charge in [-0.05, 0) is 0 Å². The molecule has 1 N–H and O–H groups in total. The summed E-state index contributed by atoms with van der Waals surface area (Å²) in [7, 11) is 1.65. The van der Waals surface area contributed by atoms with E-state index < -0.39 is 0 Å². The van der Waals surface area contributed by atoms with Crippen molar-refractivity contribution in [3.8, 4) is 0 Å². The topological polar surface area (TPSA) is 29.1 Å². The molecule has 0 saturated carbocycles. The maximum absolute atomic E-state index is 11.4. The van der Waals surface area contributed by atoms with Crippen molar-refractivity contribution in [3.05, 3.63) is 65.7 Å². The van der Waals surface area contributed by atoms with Gasteiger partial charge < -0.3 is 0 Å². The fraction of sp³-hybridized carbons (Fsp3) is 0.133. The molecule has 2 aromatic rings. The Hall–Kier alpha value is -1.57. The molecule has 0 saturated heterocycles. The molecule has 0 aromatic heterocycles. The SMILES string of the molecule is CNC(=O)c1ccc([Se]Cc2ccccc2)cc1. The molecule has 2 rings (SSSR count). The van der Waals surface area contributed by atoms with Crippen molar-refractivity contribution in [2.24, 2.45) is 0 Å². The predicted molar refractivity (Wildman–Crippen MR) is 75.4 cm³/mol. The zero-order valence-electron chi connectivity index (χ0n) is 10.2. The molecule has 3 heteroatoms. The number of carbonyl (C=O) groups excluding carboxylic acids is 1. The monoisotopic (exact) mass is 305 g/mol. The Morgan fingerprint density at radius 1 is 1.06 bits per heavy atom. The van der Waals surface area contributed by atoms with E-state index in [1.165, 1.54) is 10.0 Å². The minimum absolute atomic E-state index is 0.0305. The Bertz CT molecular complexity index is 508. The zero-order chi connectivity index (χ0) is 12.8. The Kier molecular flexibility index (Phi) is 4.57. The van der Waals surface area contributed by atoms with Crippen molar-refractivity contribution < 1.29 is 4.79 Å². The summed E-state index contributed by atoms with van der Waals surface area (Å²) in [5, 5.41) is 3.72. The first-order chi connectivity index (χ1) is 8.79. The van der Waals surface area contributed by atoms with Crippen molar-refractivity contribution in [3.63, 3.8) is 0 Å². The van der Waals surface area contributed by atoms with Gasteiger partial charge in [0.1, 0.15) is 0 Å². The second-order valence-electron chi connectivity index (χ2n) is 3.88. The molecule has 0 unspecified atom stereocenters. The predicted octanol–water partition coefficient (Wildman–Crippen LogP) is 1.58. The van der Waals surface area contributed by atoms with Crippen molar-refractivity contribution in [2.45, 2.75) is 5.32 Å². The molecule has 2 nitrogen and oxygen atoms in total. The Morgan fingerprint density at radius 3 is 2.33 bits per heavy atom. The van der Waals surface area contributed by atoms with Crippen LogP contribution in [0.4, 0.5) is 0 Å². The molecule has 0 radical (unpaired) electrons. The second kappa shape index (κ2) is 6.39. The summed E-state index contributed by atoms with van der Waals surface area (Å²) in [6.45, 7) is 0. The third-order valence-corrected chi connectivity index (χ3v) is 4.86. The molecular weight excluding hydrogens is 289 g/mol. The Morgan fingerprint density at radius 2 is 1.72 bits per heavy atom. The van der Waals surface area contributed by atoms with Crippen LogP contribution in [0.2, 0.25) is 0 Å². The van der Waals surface area contributed by atoms with E-state index in [9.17, 15) is 4.79 Å². The van der Waals surface area contributed by atoms with Gasteiger partial charge in [-0.3, -0.25) is 0 Å². The minimum atomic E-state index is -0.0305. The summed E-state index contributed by atoms with van der Waals surface area (Å²) in [4.78, 5) is 11.4. The molecule has 0 atom stereocenters. The van der Waals surface area contributed by atoms with Crippen LogP contribution in [0.3, 0.4) is 0 Å². The van der Waals surface area contributed by atoms with E-state index in [1.807, 2.05) is 30.3 Å². The molecule has 0 aliphatic rings. The van der Waals surface area contributed by atoms with Crippen LogP contribution in [-0.2, 0) is 5.32 Å². The maximum atomic E-state index is 11.4. The average molecular weight is 304 g/mol. The van der Waals surface area contributed by atoms with Crippen LogP contribution in [0.15, 0.2) is 54.6 Å². The van der Waals surface area contributed by atoms with Gasteiger partial charge in [0, 0.05) is 0 Å². The van der Waals surface area contributed by atoms with E-state index >= 15 is 0 Å². The van der Waals surface area contributed by atoms with Crippen LogP contribution >= 0.6 is 0 Å². The van der Waals surface area contributed by atoms with E-state index in [4.69, 9.17) is 0 Å². The van der Waals surface area contributed by atoms with Crippen LogP contribution in [0.5, 0.6) is 0 Å². The van der Waals surface area contributed by atoms with Crippen LogP contribution < -0.4 is 9.78 Å². The molecule has 92 valence electrons. The number of carbonyl (C=O) groups is 1. The molecule has 0 bridgehead atoms. The molecule has 0 aliphatic carbocycles.